The fraction of sp³-hybridized carbons (Fsp3) is 0.360. The summed E-state index contributed by atoms with van der Waals surface area (Å²) in [7, 11) is 1.59. The third-order valence-electron chi connectivity index (χ3n) is 5.19. The molecule has 7 heteroatoms. The van der Waals surface area contributed by atoms with E-state index in [0.29, 0.717) is 24.7 Å². The monoisotopic (exact) mass is 438 g/mol. The second kappa shape index (κ2) is 10.2. The average Bonchev–Trinajstić information content (AvgIpc) is 3.33. The van der Waals surface area contributed by atoms with Crippen LogP contribution in [0, 0.1) is 20.8 Å². The van der Waals surface area contributed by atoms with E-state index in [9.17, 15) is 4.79 Å². The van der Waals surface area contributed by atoms with Crippen molar-refractivity contribution in [2.24, 2.45) is 0 Å². The number of carbonyl (C=O) groups is 1. The second-order valence-electron chi connectivity index (χ2n) is 7.91. The molecule has 0 unspecified atom stereocenters. The molecule has 170 valence electrons. The number of methoxy groups -OCH3 is 1. The predicted molar refractivity (Wildman–Crippen MR) is 121 cm³/mol. The molecule has 2 heterocycles. The molecule has 32 heavy (non-hydrogen) atoms. The molecule has 3 aromatic rings. The lowest BCUT2D eigenvalue weighted by Crippen LogP contribution is -2.35. The van der Waals surface area contributed by atoms with E-state index in [0.717, 1.165) is 34.1 Å². The molecule has 0 aliphatic rings. The number of amides is 1. The summed E-state index contributed by atoms with van der Waals surface area (Å²) in [6.07, 6.45) is 3.33. The third-order valence-corrected chi connectivity index (χ3v) is 5.19. The van der Waals surface area contributed by atoms with Crippen LogP contribution in [-0.4, -0.2) is 29.1 Å². The summed E-state index contributed by atoms with van der Waals surface area (Å²) in [4.78, 5) is 14.6. The van der Waals surface area contributed by atoms with Crippen LogP contribution >= 0.6 is 0 Å². The normalized spacial score (nSPS) is 11.3. The van der Waals surface area contributed by atoms with Gasteiger partial charge in [-0.2, -0.15) is 0 Å². The summed E-state index contributed by atoms with van der Waals surface area (Å²) in [6, 6.07) is 9.37. The fourth-order valence-corrected chi connectivity index (χ4v) is 3.28. The molecule has 7 nitrogen and oxygen atoms in total. The number of benzene rings is 1. The molecule has 2 aromatic heterocycles. The number of furan rings is 1. The fourth-order valence-electron chi connectivity index (χ4n) is 3.28. The minimum absolute atomic E-state index is 0.0344. The van der Waals surface area contributed by atoms with Gasteiger partial charge in [0.25, 0.3) is 0 Å². The van der Waals surface area contributed by atoms with Gasteiger partial charge in [-0.3, -0.25) is 4.79 Å². The Morgan fingerprint density at radius 2 is 1.94 bits per heavy atom. The number of hydrogen-bond acceptors (Lipinski definition) is 6. The van der Waals surface area contributed by atoms with Crippen molar-refractivity contribution in [2.75, 3.05) is 7.11 Å². The van der Waals surface area contributed by atoms with Crippen LogP contribution < -0.4 is 9.47 Å². The second-order valence-corrected chi connectivity index (χ2v) is 7.91. The van der Waals surface area contributed by atoms with E-state index in [1.165, 1.54) is 0 Å². The highest BCUT2D eigenvalue weighted by atomic mass is 16.5. The summed E-state index contributed by atoms with van der Waals surface area (Å²) in [6.45, 7) is 10.3. The molecule has 0 spiro atoms. The Balaban J connectivity index is 1.69. The van der Waals surface area contributed by atoms with Crippen LogP contribution in [0.15, 0.2) is 45.3 Å². The van der Waals surface area contributed by atoms with E-state index in [4.69, 9.17) is 18.4 Å². The predicted octanol–water partition coefficient (Wildman–Crippen LogP) is 5.23. The number of hydrogen-bond donors (Lipinski definition) is 0. The van der Waals surface area contributed by atoms with Gasteiger partial charge in [-0.05, 0) is 70.5 Å². The van der Waals surface area contributed by atoms with Gasteiger partial charge < -0.3 is 23.3 Å². The van der Waals surface area contributed by atoms with Crippen molar-refractivity contribution in [2.45, 2.75) is 53.8 Å². The first-order chi connectivity index (χ1) is 15.3. The summed E-state index contributed by atoms with van der Waals surface area (Å²) in [5.41, 5.74) is 2.55. The van der Waals surface area contributed by atoms with Crippen LogP contribution in [-0.2, 0) is 17.9 Å². The van der Waals surface area contributed by atoms with E-state index in [-0.39, 0.29) is 11.9 Å². The van der Waals surface area contributed by atoms with Crippen molar-refractivity contribution < 1.29 is 23.2 Å². The minimum Gasteiger partial charge on any atom is -0.493 e. The molecule has 0 atom stereocenters. The van der Waals surface area contributed by atoms with E-state index < -0.39 is 0 Å². The molecule has 0 saturated heterocycles. The maximum atomic E-state index is 12.8. The topological polar surface area (TPSA) is 77.9 Å². The molecule has 0 N–H and O–H groups in total. The van der Waals surface area contributed by atoms with Crippen molar-refractivity contribution >= 4 is 12.0 Å². The molecule has 0 radical (unpaired) electrons. The van der Waals surface area contributed by atoms with Gasteiger partial charge in [0.1, 0.15) is 23.9 Å². The Bertz CT molecular complexity index is 1070. The average molecular weight is 439 g/mol. The first kappa shape index (κ1) is 23.2. The standard InChI is InChI=1S/C25H30N2O5/c1-16(2)27(14-21-10-7-17(3)31-21)25(28)12-9-20-8-11-23(24(13-20)29-6)30-15-22-18(4)26-32-19(22)5/h7-13,16H,14-15H2,1-6H3/b12-9+. The maximum absolute atomic E-state index is 12.8. The maximum Gasteiger partial charge on any atom is 0.247 e. The number of carbonyl (C=O) groups excluding carboxylic acids is 1. The molecule has 0 fully saturated rings. The van der Waals surface area contributed by atoms with Gasteiger partial charge in [0.15, 0.2) is 11.5 Å². The zero-order valence-corrected chi connectivity index (χ0v) is 19.5. The highest BCUT2D eigenvalue weighted by Crippen LogP contribution is 2.30. The molecular formula is C25H30N2O5. The summed E-state index contributed by atoms with van der Waals surface area (Å²) in [5.74, 6) is 3.42. The molecule has 0 aliphatic heterocycles. The first-order valence-corrected chi connectivity index (χ1v) is 10.5. The molecule has 1 amide bonds. The van der Waals surface area contributed by atoms with Crippen LogP contribution in [0.4, 0.5) is 0 Å². The Labute approximate surface area is 188 Å². The quantitative estimate of drug-likeness (QED) is 0.426. The van der Waals surface area contributed by atoms with E-state index in [1.54, 1.807) is 24.2 Å². The van der Waals surface area contributed by atoms with Gasteiger partial charge in [0, 0.05) is 12.1 Å². The smallest absolute Gasteiger partial charge is 0.247 e. The molecule has 0 saturated carbocycles. The van der Waals surface area contributed by atoms with Gasteiger partial charge in [-0.25, -0.2) is 0 Å². The Hall–Kier alpha value is -3.48. The SMILES string of the molecule is COc1cc(/C=C/C(=O)N(Cc2ccc(C)o2)C(C)C)ccc1OCc1c(C)noc1C. The number of aryl methyl sites for hydroxylation is 3. The Morgan fingerprint density at radius 1 is 1.16 bits per heavy atom. The number of aromatic nitrogens is 1. The summed E-state index contributed by atoms with van der Waals surface area (Å²) < 4.78 is 22.2. The summed E-state index contributed by atoms with van der Waals surface area (Å²) in [5, 5.41) is 3.94. The summed E-state index contributed by atoms with van der Waals surface area (Å²) >= 11 is 0. The van der Waals surface area contributed by atoms with Crippen molar-refractivity contribution in [3.63, 3.8) is 0 Å². The van der Waals surface area contributed by atoms with Crippen molar-refractivity contribution in [3.05, 3.63) is 70.5 Å². The molecule has 0 aliphatic carbocycles. The first-order valence-electron chi connectivity index (χ1n) is 10.5. The Morgan fingerprint density at radius 3 is 2.53 bits per heavy atom. The van der Waals surface area contributed by atoms with Crippen LogP contribution in [0.3, 0.4) is 0 Å². The lowest BCUT2D eigenvalue weighted by atomic mass is 10.1. The molecule has 1 aromatic carbocycles. The number of rotatable bonds is 9. The van der Waals surface area contributed by atoms with Gasteiger partial charge in [-0.1, -0.05) is 11.2 Å². The van der Waals surface area contributed by atoms with Gasteiger partial charge in [0.2, 0.25) is 5.91 Å². The zero-order valence-electron chi connectivity index (χ0n) is 19.5. The Kier molecular flexibility index (Phi) is 7.41. The lowest BCUT2D eigenvalue weighted by Gasteiger charge is -2.24. The lowest BCUT2D eigenvalue weighted by molar-refractivity contribution is -0.128. The van der Waals surface area contributed by atoms with Crippen LogP contribution in [0.25, 0.3) is 6.08 Å². The van der Waals surface area contributed by atoms with E-state index >= 15 is 0 Å². The van der Waals surface area contributed by atoms with Crippen molar-refractivity contribution in [1.29, 1.82) is 0 Å². The third kappa shape index (κ3) is 5.60. The van der Waals surface area contributed by atoms with Crippen molar-refractivity contribution in [1.82, 2.24) is 10.1 Å². The minimum atomic E-state index is -0.0910. The zero-order chi connectivity index (χ0) is 23.3. The van der Waals surface area contributed by atoms with E-state index in [1.807, 2.05) is 65.0 Å². The largest absolute Gasteiger partial charge is 0.493 e. The molecular weight excluding hydrogens is 408 g/mol. The van der Waals surface area contributed by atoms with E-state index in [2.05, 4.69) is 5.16 Å². The number of nitrogens with zero attached hydrogens (tertiary/aromatic N) is 2. The van der Waals surface area contributed by atoms with Crippen molar-refractivity contribution in [3.8, 4) is 11.5 Å². The van der Waals surface area contributed by atoms with Gasteiger partial charge in [0.05, 0.1) is 24.9 Å². The van der Waals surface area contributed by atoms with Crippen LogP contribution in [0.5, 0.6) is 11.5 Å². The highest BCUT2D eigenvalue weighted by Gasteiger charge is 2.17. The van der Waals surface area contributed by atoms with Crippen LogP contribution in [0.2, 0.25) is 0 Å². The molecule has 0 bridgehead atoms. The van der Waals surface area contributed by atoms with Gasteiger partial charge in [-0.15, -0.1) is 0 Å². The van der Waals surface area contributed by atoms with Gasteiger partial charge >= 0.3 is 0 Å². The molecule has 3 rings (SSSR count). The number of ether oxygens (including phenoxy) is 2. The highest BCUT2D eigenvalue weighted by molar-refractivity contribution is 5.92. The van der Waals surface area contributed by atoms with Crippen LogP contribution in [0.1, 0.15) is 47.9 Å².